The first-order chi connectivity index (χ1) is 9.82. The smallest absolute Gasteiger partial charge is 0.407 e. The van der Waals surface area contributed by atoms with Crippen LogP contribution in [-0.2, 0) is 11.3 Å². The molecule has 1 fully saturated rings. The number of carbonyl (C=O) groups excluding carboxylic acids is 1. The number of hydrogen-bond donors (Lipinski definition) is 2. The number of rotatable bonds is 5. The Labute approximate surface area is 123 Å². The number of ether oxygens (including phenoxy) is 2. The lowest BCUT2D eigenvalue weighted by Gasteiger charge is -2.21. The Balaban J connectivity index is 1.93. The molecule has 0 bridgehead atoms. The average Bonchev–Trinajstić information content (AvgIpc) is 2.79. The van der Waals surface area contributed by atoms with E-state index in [2.05, 4.69) is 10.6 Å². The van der Waals surface area contributed by atoms with Gasteiger partial charge in [-0.25, -0.2) is 9.18 Å². The van der Waals surface area contributed by atoms with E-state index in [4.69, 9.17) is 9.47 Å². The van der Waals surface area contributed by atoms with E-state index in [9.17, 15) is 9.18 Å². The van der Waals surface area contributed by atoms with Crippen molar-refractivity contribution >= 4 is 6.09 Å². The van der Waals surface area contributed by atoms with Gasteiger partial charge in [-0.2, -0.15) is 0 Å². The lowest BCUT2D eigenvalue weighted by Crippen LogP contribution is -2.35. The summed E-state index contributed by atoms with van der Waals surface area (Å²) >= 11 is 0. The lowest BCUT2D eigenvalue weighted by molar-refractivity contribution is 0.104. The molecule has 0 aliphatic carbocycles. The Bertz CT molecular complexity index is 514. The molecule has 5 nitrogen and oxygen atoms in total. The monoisotopic (exact) mass is 296 g/mol. The standard InChI is InChI=1S/C15H21FN2O3/c1-15(2,3)18-7-10-4-11(16)6-12(5-10)20-9-13-8-17-14(19)21-13/h4-6,13,18H,7-9H2,1-3H3,(H,17,19). The minimum atomic E-state index is -0.446. The molecule has 1 atom stereocenters. The maximum Gasteiger partial charge on any atom is 0.407 e. The van der Waals surface area contributed by atoms with E-state index in [-0.39, 0.29) is 24.1 Å². The zero-order valence-corrected chi connectivity index (χ0v) is 12.5. The van der Waals surface area contributed by atoms with Crippen molar-refractivity contribution in [3.8, 4) is 5.75 Å². The average molecular weight is 296 g/mol. The van der Waals surface area contributed by atoms with Crippen LogP contribution in [0.2, 0.25) is 0 Å². The SMILES string of the molecule is CC(C)(C)NCc1cc(F)cc(OCC2CNC(=O)O2)c1. The molecule has 1 unspecified atom stereocenters. The Morgan fingerprint density at radius 3 is 2.81 bits per heavy atom. The van der Waals surface area contributed by atoms with Crippen molar-refractivity contribution in [3.63, 3.8) is 0 Å². The topological polar surface area (TPSA) is 59.6 Å². The number of hydrogen-bond acceptors (Lipinski definition) is 4. The second-order valence-electron chi connectivity index (χ2n) is 6.12. The number of nitrogens with one attached hydrogen (secondary N) is 2. The predicted molar refractivity (Wildman–Crippen MR) is 76.8 cm³/mol. The van der Waals surface area contributed by atoms with Crippen molar-refractivity contribution in [1.29, 1.82) is 0 Å². The third-order valence-corrected chi connectivity index (χ3v) is 2.94. The maximum absolute atomic E-state index is 13.6. The molecular formula is C15H21FN2O3. The van der Waals surface area contributed by atoms with Crippen molar-refractivity contribution in [2.75, 3.05) is 13.2 Å². The molecule has 0 saturated carbocycles. The molecule has 2 rings (SSSR count). The van der Waals surface area contributed by atoms with Crippen LogP contribution in [0.15, 0.2) is 18.2 Å². The Morgan fingerprint density at radius 1 is 1.43 bits per heavy atom. The van der Waals surface area contributed by atoms with Gasteiger partial charge in [-0.05, 0) is 38.5 Å². The molecule has 1 aromatic carbocycles. The number of cyclic esters (lactones) is 1. The molecule has 0 aromatic heterocycles. The summed E-state index contributed by atoms with van der Waals surface area (Å²) in [5.41, 5.74) is 0.762. The Kier molecular flexibility index (Phi) is 4.67. The van der Waals surface area contributed by atoms with Gasteiger partial charge in [-0.3, -0.25) is 0 Å². The van der Waals surface area contributed by atoms with E-state index in [1.165, 1.54) is 12.1 Å². The Hall–Kier alpha value is -1.82. The van der Waals surface area contributed by atoms with Crippen molar-refractivity contribution in [2.45, 2.75) is 39.0 Å². The van der Waals surface area contributed by atoms with Crippen LogP contribution < -0.4 is 15.4 Å². The van der Waals surface area contributed by atoms with Crippen LogP contribution in [-0.4, -0.2) is 30.9 Å². The molecule has 0 spiro atoms. The summed E-state index contributed by atoms with van der Waals surface area (Å²) < 4.78 is 24.1. The minimum Gasteiger partial charge on any atom is -0.490 e. The quantitative estimate of drug-likeness (QED) is 0.874. The van der Waals surface area contributed by atoms with Crippen molar-refractivity contribution < 1.29 is 18.7 Å². The third kappa shape index (κ3) is 5.23. The number of carbonyl (C=O) groups is 1. The number of halogens is 1. The fourth-order valence-corrected chi connectivity index (χ4v) is 1.89. The van der Waals surface area contributed by atoms with E-state index in [0.717, 1.165) is 5.56 Å². The van der Waals surface area contributed by atoms with Gasteiger partial charge in [0.2, 0.25) is 0 Å². The summed E-state index contributed by atoms with van der Waals surface area (Å²) in [6.45, 7) is 7.31. The fourth-order valence-electron chi connectivity index (χ4n) is 1.89. The van der Waals surface area contributed by atoms with Crippen LogP contribution in [0.5, 0.6) is 5.75 Å². The second kappa shape index (κ2) is 6.30. The van der Waals surface area contributed by atoms with Gasteiger partial charge < -0.3 is 20.1 Å². The maximum atomic E-state index is 13.6. The van der Waals surface area contributed by atoms with Gasteiger partial charge >= 0.3 is 6.09 Å². The first kappa shape index (κ1) is 15.6. The van der Waals surface area contributed by atoms with Gasteiger partial charge in [0, 0.05) is 18.2 Å². The van der Waals surface area contributed by atoms with Crippen LogP contribution in [0.25, 0.3) is 0 Å². The highest BCUT2D eigenvalue weighted by Crippen LogP contribution is 2.18. The summed E-state index contributed by atoms with van der Waals surface area (Å²) in [6, 6.07) is 4.58. The predicted octanol–water partition coefficient (Wildman–Crippen LogP) is 2.20. The molecule has 1 aliphatic rings. The van der Waals surface area contributed by atoms with E-state index in [0.29, 0.717) is 18.8 Å². The van der Waals surface area contributed by atoms with Crippen LogP contribution >= 0.6 is 0 Å². The summed E-state index contributed by atoms with van der Waals surface area (Å²) in [4.78, 5) is 10.9. The van der Waals surface area contributed by atoms with Crippen LogP contribution in [0, 0.1) is 5.82 Å². The van der Waals surface area contributed by atoms with Gasteiger partial charge in [-0.15, -0.1) is 0 Å². The normalized spacial score (nSPS) is 18.3. The third-order valence-electron chi connectivity index (χ3n) is 2.94. The van der Waals surface area contributed by atoms with Crippen molar-refractivity contribution in [1.82, 2.24) is 10.6 Å². The summed E-state index contributed by atoms with van der Waals surface area (Å²) in [7, 11) is 0. The van der Waals surface area contributed by atoms with Crippen LogP contribution in [0.4, 0.5) is 9.18 Å². The van der Waals surface area contributed by atoms with Gasteiger partial charge in [0.25, 0.3) is 0 Å². The fraction of sp³-hybridized carbons (Fsp3) is 0.533. The largest absolute Gasteiger partial charge is 0.490 e. The van der Waals surface area contributed by atoms with Crippen LogP contribution in [0.3, 0.4) is 0 Å². The van der Waals surface area contributed by atoms with Crippen molar-refractivity contribution in [3.05, 3.63) is 29.6 Å². The van der Waals surface area contributed by atoms with Crippen LogP contribution in [0.1, 0.15) is 26.3 Å². The summed E-state index contributed by atoms with van der Waals surface area (Å²) in [6.07, 6.45) is -0.783. The van der Waals surface area contributed by atoms with Gasteiger partial charge in [-0.1, -0.05) is 0 Å². The number of alkyl carbamates (subject to hydrolysis) is 1. The molecule has 1 saturated heterocycles. The summed E-state index contributed by atoms with van der Waals surface area (Å²) in [5, 5.41) is 5.83. The van der Waals surface area contributed by atoms with Gasteiger partial charge in [0.15, 0.2) is 6.10 Å². The second-order valence-corrected chi connectivity index (χ2v) is 6.12. The van der Waals surface area contributed by atoms with E-state index >= 15 is 0 Å². The molecule has 1 aliphatic heterocycles. The molecule has 1 aromatic rings. The molecule has 6 heteroatoms. The summed E-state index contributed by atoms with van der Waals surface area (Å²) in [5.74, 6) is 0.0865. The lowest BCUT2D eigenvalue weighted by atomic mass is 10.1. The molecule has 116 valence electrons. The number of amides is 1. The Morgan fingerprint density at radius 2 is 2.19 bits per heavy atom. The highest BCUT2D eigenvalue weighted by molar-refractivity contribution is 5.69. The molecule has 0 radical (unpaired) electrons. The highest BCUT2D eigenvalue weighted by Gasteiger charge is 2.23. The molecule has 2 N–H and O–H groups in total. The van der Waals surface area contributed by atoms with E-state index in [1.807, 2.05) is 20.8 Å². The highest BCUT2D eigenvalue weighted by atomic mass is 19.1. The first-order valence-corrected chi connectivity index (χ1v) is 6.93. The van der Waals surface area contributed by atoms with E-state index < -0.39 is 6.09 Å². The zero-order chi connectivity index (χ0) is 15.5. The molecule has 1 heterocycles. The zero-order valence-electron chi connectivity index (χ0n) is 12.5. The van der Waals surface area contributed by atoms with E-state index in [1.54, 1.807) is 6.07 Å². The molecule has 21 heavy (non-hydrogen) atoms. The van der Waals surface area contributed by atoms with Crippen molar-refractivity contribution in [2.24, 2.45) is 0 Å². The molecule has 1 amide bonds. The minimum absolute atomic E-state index is 0.0446. The first-order valence-electron chi connectivity index (χ1n) is 6.93. The van der Waals surface area contributed by atoms with Gasteiger partial charge in [0.05, 0.1) is 6.54 Å². The number of benzene rings is 1. The van der Waals surface area contributed by atoms with Gasteiger partial charge in [0.1, 0.15) is 18.2 Å². The molecular weight excluding hydrogens is 275 g/mol.